The third-order valence-corrected chi connectivity index (χ3v) is 4.89. The Morgan fingerprint density at radius 2 is 1.97 bits per heavy atom. The summed E-state index contributed by atoms with van der Waals surface area (Å²) in [6.45, 7) is 0.167. The van der Waals surface area contributed by atoms with Gasteiger partial charge in [-0.2, -0.15) is 5.10 Å². The van der Waals surface area contributed by atoms with Crippen LogP contribution in [0.15, 0.2) is 65.7 Å². The number of amides is 1. The number of carbonyl (C=O) groups excluding carboxylic acids is 1. The Morgan fingerprint density at radius 1 is 1.14 bits per heavy atom. The number of rotatable bonds is 4. The molecular formula is C22H19FN4O2. The summed E-state index contributed by atoms with van der Waals surface area (Å²) < 4.78 is 17.2. The average Bonchev–Trinajstić information content (AvgIpc) is 3.14. The largest absolute Gasteiger partial charge is 0.355 e. The van der Waals surface area contributed by atoms with Gasteiger partial charge < -0.3 is 9.88 Å². The maximum atomic E-state index is 13.9. The summed E-state index contributed by atoms with van der Waals surface area (Å²) in [4.78, 5) is 24.7. The first-order valence-corrected chi connectivity index (χ1v) is 9.09. The van der Waals surface area contributed by atoms with Gasteiger partial charge in [0.25, 0.3) is 11.5 Å². The van der Waals surface area contributed by atoms with Gasteiger partial charge in [-0.1, -0.05) is 6.07 Å². The van der Waals surface area contributed by atoms with E-state index in [4.69, 9.17) is 0 Å². The van der Waals surface area contributed by atoms with Gasteiger partial charge >= 0.3 is 0 Å². The number of hydrogen-bond donors (Lipinski definition) is 1. The molecule has 6 nitrogen and oxygen atoms in total. The summed E-state index contributed by atoms with van der Waals surface area (Å²) >= 11 is 0. The Labute approximate surface area is 166 Å². The topological polar surface area (TPSA) is 68.9 Å². The molecule has 0 spiro atoms. The highest BCUT2D eigenvalue weighted by atomic mass is 19.1. The zero-order chi connectivity index (χ0) is 20.5. The van der Waals surface area contributed by atoms with E-state index in [2.05, 4.69) is 10.4 Å². The molecule has 1 N–H and O–H groups in total. The van der Waals surface area contributed by atoms with Crippen molar-refractivity contribution in [3.63, 3.8) is 0 Å². The number of aryl methyl sites for hydroxylation is 1. The maximum absolute atomic E-state index is 13.9. The highest BCUT2D eigenvalue weighted by Crippen LogP contribution is 2.22. The van der Waals surface area contributed by atoms with Crippen molar-refractivity contribution in [3.8, 4) is 11.3 Å². The molecule has 0 radical (unpaired) electrons. The fourth-order valence-corrected chi connectivity index (χ4v) is 3.44. The molecule has 0 bridgehead atoms. The van der Waals surface area contributed by atoms with Crippen LogP contribution in [0.1, 0.15) is 15.9 Å². The molecule has 0 atom stereocenters. The van der Waals surface area contributed by atoms with E-state index in [1.165, 1.54) is 23.7 Å². The SMILES string of the molecule is CNC(=O)c1cc(F)cc(Cn2ccc3cc(-c4ccnn4C)ccc3c2=O)c1. The molecule has 4 rings (SSSR count). The quantitative estimate of drug-likeness (QED) is 0.583. The Bertz CT molecular complexity index is 1290. The number of nitrogens with one attached hydrogen (secondary N) is 1. The van der Waals surface area contributed by atoms with Crippen LogP contribution in [0.4, 0.5) is 4.39 Å². The third-order valence-electron chi connectivity index (χ3n) is 4.89. The molecule has 29 heavy (non-hydrogen) atoms. The molecule has 4 aromatic rings. The Kier molecular flexibility index (Phi) is 4.72. The molecule has 0 saturated carbocycles. The number of hydrogen-bond acceptors (Lipinski definition) is 3. The van der Waals surface area contributed by atoms with Crippen molar-refractivity contribution in [1.29, 1.82) is 0 Å². The van der Waals surface area contributed by atoms with Gasteiger partial charge in [-0.3, -0.25) is 14.3 Å². The Morgan fingerprint density at radius 3 is 2.69 bits per heavy atom. The lowest BCUT2D eigenvalue weighted by molar-refractivity contribution is 0.0962. The molecule has 7 heteroatoms. The second-order valence-corrected chi connectivity index (χ2v) is 6.82. The van der Waals surface area contributed by atoms with Crippen LogP contribution >= 0.6 is 0 Å². The van der Waals surface area contributed by atoms with Gasteiger partial charge in [-0.15, -0.1) is 0 Å². The van der Waals surface area contributed by atoms with Crippen molar-refractivity contribution >= 4 is 16.7 Å². The maximum Gasteiger partial charge on any atom is 0.258 e. The van der Waals surface area contributed by atoms with Crippen LogP contribution in [0.5, 0.6) is 0 Å². The van der Waals surface area contributed by atoms with Crippen LogP contribution in [0.2, 0.25) is 0 Å². The van der Waals surface area contributed by atoms with Gasteiger partial charge in [0.1, 0.15) is 5.82 Å². The lowest BCUT2D eigenvalue weighted by Crippen LogP contribution is -2.21. The van der Waals surface area contributed by atoms with Gasteiger partial charge in [0.05, 0.1) is 12.2 Å². The minimum Gasteiger partial charge on any atom is -0.355 e. The van der Waals surface area contributed by atoms with Gasteiger partial charge in [-0.25, -0.2) is 4.39 Å². The first-order valence-electron chi connectivity index (χ1n) is 9.09. The molecule has 0 fully saturated rings. The molecule has 2 aromatic heterocycles. The fraction of sp³-hybridized carbons (Fsp3) is 0.136. The monoisotopic (exact) mass is 390 g/mol. The zero-order valence-electron chi connectivity index (χ0n) is 16.0. The van der Waals surface area contributed by atoms with Crippen molar-refractivity contribution in [2.24, 2.45) is 7.05 Å². The van der Waals surface area contributed by atoms with E-state index >= 15 is 0 Å². The molecule has 0 aliphatic rings. The van der Waals surface area contributed by atoms with Crippen molar-refractivity contribution in [1.82, 2.24) is 19.7 Å². The van der Waals surface area contributed by atoms with Crippen molar-refractivity contribution in [3.05, 3.63) is 88.2 Å². The summed E-state index contributed by atoms with van der Waals surface area (Å²) in [5, 5.41) is 8.04. The van der Waals surface area contributed by atoms with E-state index in [1.54, 1.807) is 29.2 Å². The number of halogens is 1. The summed E-state index contributed by atoms with van der Waals surface area (Å²) in [5.41, 5.74) is 2.51. The summed E-state index contributed by atoms with van der Waals surface area (Å²) in [6, 6.07) is 13.5. The Balaban J connectivity index is 1.72. The fourth-order valence-electron chi connectivity index (χ4n) is 3.44. The molecule has 146 valence electrons. The van der Waals surface area contributed by atoms with Crippen molar-refractivity contribution in [2.45, 2.75) is 6.54 Å². The average molecular weight is 390 g/mol. The van der Waals surface area contributed by atoms with E-state index < -0.39 is 5.82 Å². The predicted molar refractivity (Wildman–Crippen MR) is 109 cm³/mol. The van der Waals surface area contributed by atoms with Crippen LogP contribution in [-0.2, 0) is 13.6 Å². The van der Waals surface area contributed by atoms with Gasteiger partial charge in [0.15, 0.2) is 0 Å². The van der Waals surface area contributed by atoms with Gasteiger partial charge in [0, 0.05) is 43.0 Å². The Hall–Kier alpha value is -3.74. The summed E-state index contributed by atoms with van der Waals surface area (Å²) in [6.07, 6.45) is 3.41. The normalized spacial score (nSPS) is 11.0. The molecular weight excluding hydrogens is 371 g/mol. The van der Waals surface area contributed by atoms with Crippen LogP contribution < -0.4 is 10.9 Å². The van der Waals surface area contributed by atoms with Crippen LogP contribution in [-0.4, -0.2) is 27.3 Å². The lowest BCUT2D eigenvalue weighted by atomic mass is 10.1. The highest BCUT2D eigenvalue weighted by Gasteiger charge is 2.10. The lowest BCUT2D eigenvalue weighted by Gasteiger charge is -2.10. The molecule has 0 unspecified atom stereocenters. The highest BCUT2D eigenvalue weighted by molar-refractivity contribution is 5.94. The molecule has 0 aliphatic heterocycles. The summed E-state index contributed by atoms with van der Waals surface area (Å²) in [5.74, 6) is -0.893. The third kappa shape index (κ3) is 3.54. The number of nitrogens with zero attached hydrogens (tertiary/aromatic N) is 3. The predicted octanol–water partition coefficient (Wildman–Crippen LogP) is 2.95. The zero-order valence-corrected chi connectivity index (χ0v) is 16.0. The van der Waals surface area contributed by atoms with Gasteiger partial charge in [-0.05, 0) is 53.4 Å². The van der Waals surface area contributed by atoms with Crippen molar-refractivity contribution in [2.75, 3.05) is 7.05 Å². The van der Waals surface area contributed by atoms with Crippen molar-refractivity contribution < 1.29 is 9.18 Å². The molecule has 0 aliphatic carbocycles. The first kappa shape index (κ1) is 18.6. The van der Waals surface area contributed by atoms with E-state index in [9.17, 15) is 14.0 Å². The number of aromatic nitrogens is 3. The van der Waals surface area contributed by atoms with E-state index in [1.807, 2.05) is 31.3 Å². The second kappa shape index (κ2) is 7.35. The van der Waals surface area contributed by atoms with E-state index in [-0.39, 0.29) is 23.6 Å². The molecule has 2 aromatic carbocycles. The number of pyridine rings is 1. The summed E-state index contributed by atoms with van der Waals surface area (Å²) in [7, 11) is 3.35. The second-order valence-electron chi connectivity index (χ2n) is 6.82. The molecule has 0 saturated heterocycles. The number of benzene rings is 2. The first-order chi connectivity index (χ1) is 14.0. The molecule has 2 heterocycles. The standard InChI is InChI=1S/C22H19FN4O2/c1-24-21(28)17-9-14(10-18(23)12-17)13-27-8-6-15-11-16(3-4-19(15)22(27)29)20-5-7-25-26(20)2/h3-12H,13H2,1-2H3,(H,24,28). The van der Waals surface area contributed by atoms with Crippen LogP contribution in [0.3, 0.4) is 0 Å². The smallest absolute Gasteiger partial charge is 0.258 e. The van der Waals surface area contributed by atoms with Gasteiger partial charge in [0.2, 0.25) is 0 Å². The number of fused-ring (bicyclic) bond motifs is 1. The number of carbonyl (C=O) groups is 1. The minimum absolute atomic E-state index is 0.167. The van der Waals surface area contributed by atoms with Crippen LogP contribution in [0.25, 0.3) is 22.0 Å². The van der Waals surface area contributed by atoms with E-state index in [0.717, 1.165) is 16.6 Å². The van der Waals surface area contributed by atoms with E-state index in [0.29, 0.717) is 10.9 Å². The molecule has 1 amide bonds. The minimum atomic E-state index is -0.518. The van der Waals surface area contributed by atoms with Crippen LogP contribution in [0, 0.1) is 5.82 Å².